The Labute approximate surface area is 404 Å². The first-order valence-electron chi connectivity index (χ1n) is 23.3. The van der Waals surface area contributed by atoms with Crippen molar-refractivity contribution >= 4 is 54.4 Å². The number of fused-ring (bicyclic) bond motifs is 1. The molecule has 3 heterocycles. The largest absolute Gasteiger partial charge is 0.407 e. The third-order valence-corrected chi connectivity index (χ3v) is 16.1. The second-order valence-corrected chi connectivity index (χ2v) is 20.9. The first-order valence-corrected chi connectivity index (χ1v) is 26.2. The fourth-order valence-electron chi connectivity index (χ4n) is 7.52. The van der Waals surface area contributed by atoms with Crippen LogP contribution in [0.5, 0.6) is 0 Å². The zero-order valence-corrected chi connectivity index (χ0v) is 41.0. The van der Waals surface area contributed by atoms with Crippen LogP contribution in [0.2, 0.25) is 0 Å². The van der Waals surface area contributed by atoms with Crippen molar-refractivity contribution in [2.45, 2.75) is 81.9 Å². The molecule has 2 aliphatic rings. The van der Waals surface area contributed by atoms with Gasteiger partial charge in [-0.15, -0.1) is 0 Å². The van der Waals surface area contributed by atoms with Gasteiger partial charge in [0.15, 0.2) is 0 Å². The Balaban J connectivity index is 0.898. The summed E-state index contributed by atoms with van der Waals surface area (Å²) in [6, 6.07) is 23.3. The van der Waals surface area contributed by atoms with Gasteiger partial charge in [-0.1, -0.05) is 72.2 Å². The number of ether oxygens (including phenoxy) is 4. The summed E-state index contributed by atoms with van der Waals surface area (Å²) >= 11 is 1.89. The number of urea groups is 1. The average molecular weight is 978 g/mol. The van der Waals surface area contributed by atoms with Crippen molar-refractivity contribution in [1.29, 1.82) is 0 Å². The van der Waals surface area contributed by atoms with Gasteiger partial charge in [-0.3, -0.25) is 19.4 Å². The Kier molecular flexibility index (Phi) is 23.5. The molecule has 370 valence electrons. The number of hydrogen-bond donors (Lipinski definition) is 5. The maximum absolute atomic E-state index is 12.9. The van der Waals surface area contributed by atoms with Crippen molar-refractivity contribution < 1.29 is 47.0 Å². The minimum Gasteiger partial charge on any atom is -0.388 e. The van der Waals surface area contributed by atoms with Crippen LogP contribution in [0.25, 0.3) is 10.4 Å². The van der Waals surface area contributed by atoms with E-state index in [1.54, 1.807) is 12.1 Å². The van der Waals surface area contributed by atoms with Crippen molar-refractivity contribution in [3.05, 3.63) is 101 Å². The van der Waals surface area contributed by atoms with Gasteiger partial charge in [-0.05, 0) is 61.1 Å². The van der Waals surface area contributed by atoms with E-state index in [0.717, 1.165) is 35.4 Å². The van der Waals surface area contributed by atoms with Crippen molar-refractivity contribution in [1.82, 2.24) is 31.6 Å². The number of benzene rings is 2. The first kappa shape index (κ1) is 53.9. The van der Waals surface area contributed by atoms with Gasteiger partial charge in [0.1, 0.15) is 0 Å². The maximum Gasteiger partial charge on any atom is 0.407 e. The van der Waals surface area contributed by atoms with E-state index in [-0.39, 0.29) is 62.0 Å². The number of azide groups is 1. The van der Waals surface area contributed by atoms with E-state index >= 15 is 0 Å². The number of nitrogens with zero attached hydrogens (tertiary/aromatic N) is 4. The summed E-state index contributed by atoms with van der Waals surface area (Å²) < 4.78 is 36.2. The summed E-state index contributed by atoms with van der Waals surface area (Å²) in [5.74, 6) is 0.513. The number of thioether (sulfide) groups is 1. The van der Waals surface area contributed by atoms with E-state index in [1.165, 1.54) is 6.20 Å². The van der Waals surface area contributed by atoms with Gasteiger partial charge in [0.25, 0.3) is 5.91 Å². The van der Waals surface area contributed by atoms with Gasteiger partial charge in [0.05, 0.1) is 82.6 Å². The molecular formula is C47H67N9O10SSi. The molecule has 19 nitrogen and oxygen atoms in total. The van der Waals surface area contributed by atoms with Crippen LogP contribution in [-0.4, -0.2) is 145 Å². The minimum atomic E-state index is -3.37. The molecule has 0 radical (unpaired) electrons. The maximum atomic E-state index is 12.9. The van der Waals surface area contributed by atoms with E-state index in [1.807, 2.05) is 86.3 Å². The van der Waals surface area contributed by atoms with Gasteiger partial charge in [-0.2, -0.15) is 11.8 Å². The highest BCUT2D eigenvalue weighted by Gasteiger charge is 2.47. The number of carbonyl (C=O) groups is 4. The summed E-state index contributed by atoms with van der Waals surface area (Å²) in [6.07, 6.45) is 5.37. The molecule has 3 aromatic rings. The molecule has 3 atom stereocenters. The third-order valence-electron chi connectivity index (χ3n) is 11.0. The summed E-state index contributed by atoms with van der Waals surface area (Å²) in [7, 11) is -3.37. The van der Waals surface area contributed by atoms with Crippen LogP contribution < -0.4 is 37.0 Å². The zero-order valence-electron chi connectivity index (χ0n) is 39.2. The Hall–Kier alpha value is -5.09. The van der Waals surface area contributed by atoms with Crippen LogP contribution in [-0.2, 0) is 43.9 Å². The Bertz CT molecular complexity index is 2000. The highest BCUT2D eigenvalue weighted by atomic mass is 32.2. The normalized spacial score (nSPS) is 16.6. The highest BCUT2D eigenvalue weighted by molar-refractivity contribution is 8.00. The van der Waals surface area contributed by atoms with Gasteiger partial charge >= 0.3 is 14.6 Å². The van der Waals surface area contributed by atoms with Crippen molar-refractivity contribution in [2.24, 2.45) is 5.11 Å². The Morgan fingerprint density at radius 3 is 2.07 bits per heavy atom. The topological polar surface area (TPSA) is 245 Å². The molecule has 5 rings (SSSR count). The molecule has 2 fully saturated rings. The molecule has 0 aliphatic carbocycles. The summed E-state index contributed by atoms with van der Waals surface area (Å²) in [6.45, 7) is 8.25. The molecule has 2 aromatic carbocycles. The second-order valence-electron chi connectivity index (χ2n) is 16.8. The predicted octanol–water partition coefficient (Wildman–Crippen LogP) is 3.49. The van der Waals surface area contributed by atoms with Crippen molar-refractivity contribution in [3.8, 4) is 0 Å². The lowest BCUT2D eigenvalue weighted by molar-refractivity contribution is -0.123. The monoisotopic (exact) mass is 977 g/mol. The third kappa shape index (κ3) is 18.8. The van der Waals surface area contributed by atoms with E-state index < -0.39 is 14.2 Å². The van der Waals surface area contributed by atoms with E-state index in [0.29, 0.717) is 95.3 Å². The second kappa shape index (κ2) is 29.7. The molecule has 0 saturated carbocycles. The SMILES string of the molecule is CC(C)(CNC(=O)CCOCCOCCOCCOCCNC(=O)CCCCC1SCC2NC(=O)NC21)O[Si](OCCCNC(=O)c1ccc(CN=[N+]=[N-])nc1)(c1ccccc1)c1ccccc1. The molecule has 2 aliphatic heterocycles. The number of carbonyl (C=O) groups excluding carboxylic acids is 4. The lowest BCUT2D eigenvalue weighted by atomic mass is 10.0. The van der Waals surface area contributed by atoms with Gasteiger partial charge in [-0.25, -0.2) is 4.79 Å². The van der Waals surface area contributed by atoms with Crippen LogP contribution in [0.4, 0.5) is 4.79 Å². The number of aromatic nitrogens is 1. The molecule has 68 heavy (non-hydrogen) atoms. The predicted molar refractivity (Wildman–Crippen MR) is 261 cm³/mol. The summed E-state index contributed by atoms with van der Waals surface area (Å²) in [5, 5.41) is 20.5. The molecule has 5 amide bonds. The number of amides is 5. The standard InChI is InChI=1S/C47H67N9O10SSi/c1-47(2,66-68(38-12-5-3-6-13-38,39-14-7-4-8-15-39)65-23-11-21-50-45(59)36-18-19-37(51-32-36)33-53-56-48)35-52-43(58)20-24-61-26-28-63-30-31-64-29-27-62-25-22-49-42(57)17-10-9-16-41-44-40(34-67-41)54-46(60)55-44/h3-8,12-15,18-19,32,40-41,44H,9-11,16-17,20-31,33-35H2,1-2H3,(H,49,57)(H,50,59)(H,52,58)(H2,54,55,60). The van der Waals surface area contributed by atoms with E-state index in [9.17, 15) is 19.2 Å². The fraction of sp³-hybridized carbons (Fsp3) is 0.553. The molecule has 3 unspecified atom stereocenters. The number of nitrogens with one attached hydrogen (secondary N) is 5. The lowest BCUT2D eigenvalue weighted by Crippen LogP contribution is -2.67. The van der Waals surface area contributed by atoms with Gasteiger partial charge in [0.2, 0.25) is 11.8 Å². The van der Waals surface area contributed by atoms with Crippen molar-refractivity contribution in [2.75, 3.05) is 84.8 Å². The molecular weight excluding hydrogens is 911 g/mol. The molecule has 21 heteroatoms. The summed E-state index contributed by atoms with van der Waals surface area (Å²) in [5.41, 5.74) is 8.66. The number of hydrogen-bond acceptors (Lipinski definition) is 13. The Morgan fingerprint density at radius 1 is 0.779 bits per heavy atom. The van der Waals surface area contributed by atoms with Crippen LogP contribution in [0.3, 0.4) is 0 Å². The van der Waals surface area contributed by atoms with Gasteiger partial charge in [0, 0.05) is 66.9 Å². The number of rotatable bonds is 34. The van der Waals surface area contributed by atoms with E-state index in [2.05, 4.69) is 41.6 Å². The number of unbranched alkanes of at least 4 members (excludes halogenated alkanes) is 1. The van der Waals surface area contributed by atoms with Gasteiger partial charge < -0.3 is 54.4 Å². The van der Waals surface area contributed by atoms with Crippen LogP contribution in [0.15, 0.2) is 84.1 Å². The van der Waals surface area contributed by atoms with Crippen molar-refractivity contribution in [3.63, 3.8) is 0 Å². The lowest BCUT2D eigenvalue weighted by Gasteiger charge is -2.39. The number of pyridine rings is 1. The quantitative estimate of drug-likeness (QED) is 0.0144. The molecule has 2 saturated heterocycles. The van der Waals surface area contributed by atoms with E-state index in [4.69, 9.17) is 33.3 Å². The highest BCUT2D eigenvalue weighted by Crippen LogP contribution is 2.33. The molecule has 5 N–H and O–H groups in total. The average Bonchev–Trinajstić information content (AvgIpc) is 3.91. The molecule has 0 bridgehead atoms. The van der Waals surface area contributed by atoms with Crippen LogP contribution in [0.1, 0.15) is 68.4 Å². The zero-order chi connectivity index (χ0) is 48.3. The first-order chi connectivity index (χ1) is 33.1. The molecule has 0 spiro atoms. The fourth-order valence-corrected chi connectivity index (χ4v) is 12.6. The minimum absolute atomic E-state index is 0.0192. The molecule has 1 aromatic heterocycles. The van der Waals surface area contributed by atoms with Crippen LogP contribution in [0, 0.1) is 0 Å². The Morgan fingerprint density at radius 2 is 1.43 bits per heavy atom. The smallest absolute Gasteiger partial charge is 0.388 e. The summed E-state index contributed by atoms with van der Waals surface area (Å²) in [4.78, 5) is 56.3. The van der Waals surface area contributed by atoms with Crippen LogP contribution >= 0.6 is 11.8 Å².